The van der Waals surface area contributed by atoms with E-state index < -0.39 is 0 Å². The molecule has 0 bridgehead atoms. The second-order valence-corrected chi connectivity index (χ2v) is 15.1. The zero-order valence-electron chi connectivity index (χ0n) is 24.7. The Kier molecular flexibility index (Phi) is 6.46. The number of pyridine rings is 1. The van der Waals surface area contributed by atoms with Crippen LogP contribution in [0.15, 0.2) is 70.6 Å². The lowest BCUT2D eigenvalue weighted by molar-refractivity contribution is 0.410. The largest absolute Gasteiger partial charge is 0.256 e. The Morgan fingerprint density at radius 1 is 0.900 bits per heavy atom. The van der Waals surface area contributed by atoms with Crippen LogP contribution in [0.5, 0.6) is 0 Å². The molecule has 1 aromatic heterocycles. The first-order valence-corrected chi connectivity index (χ1v) is 16.2. The van der Waals surface area contributed by atoms with Crippen molar-refractivity contribution in [2.24, 2.45) is 17.3 Å². The number of nitrogens with zero attached hydrogens (tertiary/aromatic N) is 1. The zero-order chi connectivity index (χ0) is 27.6. The summed E-state index contributed by atoms with van der Waals surface area (Å²) in [7, 11) is 0. The van der Waals surface area contributed by atoms with Gasteiger partial charge in [-0.15, -0.1) is 0 Å². The fraction of sp³-hybridized carbons (Fsp3) is 0.395. The van der Waals surface area contributed by atoms with Gasteiger partial charge in [-0.05, 0) is 98.3 Å². The SMILES string of the molecule is CC(C)Cc1ccc2c(CC(C)(C)C)c3c(cc2c1)-c1nccc2c1c(cc1cccc(CC4CCCC4)c12)S3. The highest BCUT2D eigenvalue weighted by Gasteiger charge is 2.28. The Balaban J connectivity index is 1.49. The summed E-state index contributed by atoms with van der Waals surface area (Å²) < 4.78 is 0. The van der Waals surface area contributed by atoms with Crippen molar-refractivity contribution < 1.29 is 0 Å². The van der Waals surface area contributed by atoms with Gasteiger partial charge < -0.3 is 0 Å². The van der Waals surface area contributed by atoms with Crippen LogP contribution >= 0.6 is 11.8 Å². The van der Waals surface area contributed by atoms with Crippen LogP contribution in [-0.2, 0) is 19.3 Å². The molecule has 4 aromatic carbocycles. The van der Waals surface area contributed by atoms with Crippen LogP contribution in [0.4, 0.5) is 0 Å². The zero-order valence-corrected chi connectivity index (χ0v) is 25.5. The summed E-state index contributed by atoms with van der Waals surface area (Å²) in [5.74, 6) is 1.48. The third kappa shape index (κ3) is 4.63. The van der Waals surface area contributed by atoms with Gasteiger partial charge in [0.05, 0.1) is 5.69 Å². The predicted molar refractivity (Wildman–Crippen MR) is 174 cm³/mol. The molecule has 5 aromatic rings. The molecule has 1 aliphatic carbocycles. The minimum Gasteiger partial charge on any atom is -0.256 e. The van der Waals surface area contributed by atoms with Gasteiger partial charge in [0.2, 0.25) is 0 Å². The van der Waals surface area contributed by atoms with E-state index in [0.717, 1.165) is 18.8 Å². The molecule has 2 heteroatoms. The highest BCUT2D eigenvalue weighted by Crippen LogP contribution is 2.53. The molecule has 1 nitrogen and oxygen atoms in total. The number of benzene rings is 4. The van der Waals surface area contributed by atoms with E-state index in [9.17, 15) is 0 Å². The minimum atomic E-state index is 0.192. The standard InChI is InChI=1S/C38H41NS/c1-23(2)17-25-13-14-29-28(19-25)20-31-36-35-30(15-16-39-36)34-26(18-24-9-6-7-10-24)11-8-12-27(34)21-33(35)40-37(31)32(29)22-38(3,4)5/h8,11-16,19-21,23-24H,6-7,9-10,17-18,22H2,1-5H3. The molecule has 1 aliphatic heterocycles. The quantitative estimate of drug-likeness (QED) is 0.201. The summed E-state index contributed by atoms with van der Waals surface area (Å²) in [4.78, 5) is 7.89. The number of aromatic nitrogens is 1. The van der Waals surface area contributed by atoms with Crippen molar-refractivity contribution in [1.82, 2.24) is 4.98 Å². The summed E-state index contributed by atoms with van der Waals surface area (Å²) in [6.45, 7) is 11.7. The third-order valence-electron chi connectivity index (χ3n) is 9.00. The van der Waals surface area contributed by atoms with Crippen LogP contribution in [0.1, 0.15) is 77.0 Å². The van der Waals surface area contributed by atoms with E-state index in [0.29, 0.717) is 5.92 Å². The second kappa shape index (κ2) is 9.91. The average molecular weight is 544 g/mol. The lowest BCUT2D eigenvalue weighted by Crippen LogP contribution is -2.12. The van der Waals surface area contributed by atoms with Crippen molar-refractivity contribution in [2.45, 2.75) is 89.4 Å². The maximum Gasteiger partial charge on any atom is 0.0803 e. The van der Waals surface area contributed by atoms with Gasteiger partial charge in [-0.1, -0.05) is 108 Å². The van der Waals surface area contributed by atoms with Crippen LogP contribution in [0.25, 0.3) is 43.6 Å². The van der Waals surface area contributed by atoms with Gasteiger partial charge in [0.15, 0.2) is 0 Å². The van der Waals surface area contributed by atoms with Crippen molar-refractivity contribution in [3.63, 3.8) is 0 Å². The van der Waals surface area contributed by atoms with Crippen molar-refractivity contribution >= 4 is 44.1 Å². The Bertz CT molecular complexity index is 1770. The fourth-order valence-corrected chi connectivity index (χ4v) is 8.69. The van der Waals surface area contributed by atoms with Gasteiger partial charge in [0.25, 0.3) is 0 Å². The number of rotatable bonds is 5. The molecule has 1 fully saturated rings. The van der Waals surface area contributed by atoms with E-state index in [2.05, 4.69) is 95.4 Å². The number of fused-ring (bicyclic) bond motifs is 5. The monoisotopic (exact) mass is 543 g/mol. The Hall–Kier alpha value is -2.84. The molecule has 7 rings (SSSR count). The van der Waals surface area contributed by atoms with Crippen molar-refractivity contribution in [3.05, 3.63) is 77.5 Å². The van der Waals surface area contributed by atoms with E-state index in [1.165, 1.54) is 102 Å². The van der Waals surface area contributed by atoms with Gasteiger partial charge in [0.1, 0.15) is 0 Å². The highest BCUT2D eigenvalue weighted by atomic mass is 32.2. The van der Waals surface area contributed by atoms with Crippen LogP contribution < -0.4 is 0 Å². The molecule has 0 saturated heterocycles. The highest BCUT2D eigenvalue weighted by molar-refractivity contribution is 8.00. The Morgan fingerprint density at radius 3 is 2.50 bits per heavy atom. The molecule has 2 heterocycles. The van der Waals surface area contributed by atoms with Gasteiger partial charge in [-0.3, -0.25) is 4.98 Å². The van der Waals surface area contributed by atoms with E-state index >= 15 is 0 Å². The third-order valence-corrected chi connectivity index (χ3v) is 10.2. The first-order valence-electron chi connectivity index (χ1n) is 15.4. The van der Waals surface area contributed by atoms with Gasteiger partial charge in [-0.25, -0.2) is 0 Å². The maximum absolute atomic E-state index is 5.12. The summed E-state index contributed by atoms with van der Waals surface area (Å²) in [5, 5.41) is 8.34. The average Bonchev–Trinajstić information content (AvgIpc) is 3.41. The summed E-state index contributed by atoms with van der Waals surface area (Å²) in [6, 6.07) is 21.4. The number of hydrogen-bond donors (Lipinski definition) is 0. The van der Waals surface area contributed by atoms with Gasteiger partial charge >= 0.3 is 0 Å². The molecule has 0 amide bonds. The molecular formula is C38H41NS. The lowest BCUT2D eigenvalue weighted by atomic mass is 9.84. The van der Waals surface area contributed by atoms with Crippen LogP contribution in [0.3, 0.4) is 0 Å². The topological polar surface area (TPSA) is 12.9 Å². The molecule has 1 saturated carbocycles. The Morgan fingerprint density at radius 2 is 1.73 bits per heavy atom. The molecule has 0 N–H and O–H groups in total. The van der Waals surface area contributed by atoms with Crippen molar-refractivity contribution in [3.8, 4) is 11.3 Å². The molecule has 204 valence electrons. The molecule has 0 spiro atoms. The fourth-order valence-electron chi connectivity index (χ4n) is 7.40. The molecule has 2 aliphatic rings. The molecule has 0 radical (unpaired) electrons. The van der Waals surface area contributed by atoms with Gasteiger partial charge in [-0.2, -0.15) is 0 Å². The van der Waals surface area contributed by atoms with Crippen molar-refractivity contribution in [1.29, 1.82) is 0 Å². The smallest absolute Gasteiger partial charge is 0.0803 e. The maximum atomic E-state index is 5.12. The first-order chi connectivity index (χ1) is 19.2. The van der Waals surface area contributed by atoms with E-state index in [1.807, 2.05) is 11.8 Å². The molecule has 0 atom stereocenters. The predicted octanol–water partition coefficient (Wildman–Crippen LogP) is 11.2. The van der Waals surface area contributed by atoms with Crippen LogP contribution in [0, 0.1) is 17.3 Å². The molecule has 40 heavy (non-hydrogen) atoms. The summed E-state index contributed by atoms with van der Waals surface area (Å²) >= 11 is 1.99. The van der Waals surface area contributed by atoms with Crippen molar-refractivity contribution in [2.75, 3.05) is 0 Å². The summed E-state index contributed by atoms with van der Waals surface area (Å²) in [6.07, 6.45) is 11.0. The normalized spacial score (nSPS) is 15.6. The minimum absolute atomic E-state index is 0.192. The van der Waals surface area contributed by atoms with E-state index in [4.69, 9.17) is 4.98 Å². The van der Waals surface area contributed by atoms with E-state index in [-0.39, 0.29) is 5.41 Å². The first kappa shape index (κ1) is 26.1. The second-order valence-electron chi connectivity index (χ2n) is 14.1. The van der Waals surface area contributed by atoms with E-state index in [1.54, 1.807) is 0 Å². The Labute approximate surface area is 243 Å². The molecular weight excluding hydrogens is 502 g/mol. The summed E-state index contributed by atoms with van der Waals surface area (Å²) in [5.41, 5.74) is 7.13. The number of hydrogen-bond acceptors (Lipinski definition) is 2. The van der Waals surface area contributed by atoms with Crippen LogP contribution in [-0.4, -0.2) is 4.98 Å². The van der Waals surface area contributed by atoms with Crippen LogP contribution in [0.2, 0.25) is 0 Å². The molecule has 0 unspecified atom stereocenters. The lowest BCUT2D eigenvalue weighted by Gasteiger charge is -2.28. The van der Waals surface area contributed by atoms with Gasteiger partial charge in [0, 0.05) is 26.9 Å².